The van der Waals surface area contributed by atoms with E-state index in [4.69, 9.17) is 20.5 Å². The molecule has 0 aromatic heterocycles. The Bertz CT molecular complexity index is 2520. The molecule has 0 saturated heterocycles. The SMILES string of the molecule is CCP(=O)(Oc1cccc(NC(=O)C(N)C(c2ccccc2)(c2ccccc2)c2ccccc2)c1)Oc1cccc(NC(=O)C(N)C(c2ccccc2)(c2ccccc2)c2ccccc2)c1. The van der Waals surface area contributed by atoms with E-state index >= 15 is 0 Å². The summed E-state index contributed by atoms with van der Waals surface area (Å²) in [5, 5.41) is 6.00. The fourth-order valence-corrected chi connectivity index (χ4v) is 10.0. The van der Waals surface area contributed by atoms with Crippen molar-refractivity contribution in [3.63, 3.8) is 0 Å². The van der Waals surface area contributed by atoms with Crippen LogP contribution in [0.4, 0.5) is 11.4 Å². The molecule has 0 aliphatic heterocycles. The summed E-state index contributed by atoms with van der Waals surface area (Å²) in [5.41, 5.74) is 18.0. The molecule has 6 N–H and O–H groups in total. The first-order chi connectivity index (χ1) is 32.2. The zero-order valence-corrected chi connectivity index (χ0v) is 37.3. The first-order valence-corrected chi connectivity index (χ1v) is 23.5. The minimum absolute atomic E-state index is 0.0113. The summed E-state index contributed by atoms with van der Waals surface area (Å²) in [6.45, 7) is 1.70. The molecule has 0 aliphatic rings. The molecule has 10 heteroatoms. The van der Waals surface area contributed by atoms with Gasteiger partial charge >= 0.3 is 7.60 Å². The van der Waals surface area contributed by atoms with E-state index in [1.165, 1.54) is 0 Å². The van der Waals surface area contributed by atoms with Crippen LogP contribution in [0, 0.1) is 0 Å². The van der Waals surface area contributed by atoms with Crippen LogP contribution in [-0.2, 0) is 25.0 Å². The number of carbonyl (C=O) groups excluding carboxylic acids is 2. The second-order valence-corrected chi connectivity index (χ2v) is 18.1. The third-order valence-electron chi connectivity index (χ3n) is 12.0. The molecule has 0 bridgehead atoms. The Morgan fingerprint density at radius 3 is 0.939 bits per heavy atom. The first kappa shape index (κ1) is 45.0. The van der Waals surface area contributed by atoms with Gasteiger partial charge in [0.1, 0.15) is 23.6 Å². The molecule has 0 saturated carbocycles. The lowest BCUT2D eigenvalue weighted by Gasteiger charge is -2.40. The van der Waals surface area contributed by atoms with Crippen LogP contribution in [-0.4, -0.2) is 30.1 Å². The van der Waals surface area contributed by atoms with E-state index in [2.05, 4.69) is 10.6 Å². The van der Waals surface area contributed by atoms with Gasteiger partial charge in [0, 0.05) is 23.5 Å². The molecule has 66 heavy (non-hydrogen) atoms. The van der Waals surface area contributed by atoms with Crippen molar-refractivity contribution in [2.45, 2.75) is 29.8 Å². The van der Waals surface area contributed by atoms with Crippen molar-refractivity contribution in [3.05, 3.63) is 264 Å². The predicted molar refractivity (Wildman–Crippen MR) is 264 cm³/mol. The number of nitrogens with one attached hydrogen (secondary N) is 2. The smallest absolute Gasteiger partial charge is 0.416 e. The van der Waals surface area contributed by atoms with Crippen LogP contribution >= 0.6 is 7.60 Å². The highest BCUT2D eigenvalue weighted by Gasteiger charge is 2.47. The van der Waals surface area contributed by atoms with E-state index < -0.39 is 42.3 Å². The number of benzene rings is 8. The lowest BCUT2D eigenvalue weighted by Crippen LogP contribution is -2.54. The van der Waals surface area contributed by atoms with Crippen LogP contribution < -0.4 is 31.1 Å². The second kappa shape index (κ2) is 20.1. The highest BCUT2D eigenvalue weighted by atomic mass is 31.2. The number of hydrogen-bond donors (Lipinski definition) is 4. The van der Waals surface area contributed by atoms with Crippen LogP contribution in [0.1, 0.15) is 40.3 Å². The molecule has 0 spiro atoms. The van der Waals surface area contributed by atoms with Crippen LogP contribution in [0.5, 0.6) is 11.5 Å². The summed E-state index contributed by atoms with van der Waals surface area (Å²) in [7, 11) is -3.86. The van der Waals surface area contributed by atoms with E-state index in [0.29, 0.717) is 11.4 Å². The van der Waals surface area contributed by atoms with Crippen molar-refractivity contribution in [2.75, 3.05) is 16.8 Å². The molecular formula is C56H51N4O5P. The fraction of sp³-hybridized carbons (Fsp3) is 0.107. The summed E-state index contributed by atoms with van der Waals surface area (Å²) in [6, 6.07) is 69.7. The van der Waals surface area contributed by atoms with Gasteiger partial charge in [0.05, 0.1) is 17.0 Å². The molecule has 0 heterocycles. The van der Waals surface area contributed by atoms with Gasteiger partial charge in [-0.2, -0.15) is 0 Å². The molecule has 8 aromatic carbocycles. The Labute approximate surface area is 386 Å². The van der Waals surface area contributed by atoms with Crippen molar-refractivity contribution < 1.29 is 23.2 Å². The molecule has 8 aromatic rings. The van der Waals surface area contributed by atoms with Crippen molar-refractivity contribution in [1.29, 1.82) is 0 Å². The predicted octanol–water partition coefficient (Wildman–Crippen LogP) is 11.0. The third-order valence-corrected chi connectivity index (χ3v) is 13.7. The van der Waals surface area contributed by atoms with Gasteiger partial charge in [-0.25, -0.2) is 4.57 Å². The zero-order valence-electron chi connectivity index (χ0n) is 36.4. The highest BCUT2D eigenvalue weighted by Crippen LogP contribution is 2.49. The van der Waals surface area contributed by atoms with Crippen LogP contribution in [0.2, 0.25) is 0 Å². The molecule has 9 nitrogen and oxygen atoms in total. The normalized spacial score (nSPS) is 13.3. The molecular weight excluding hydrogens is 840 g/mol. The maximum absolute atomic E-state index is 14.4. The molecule has 2 amide bonds. The average molecular weight is 891 g/mol. The van der Waals surface area contributed by atoms with Crippen molar-refractivity contribution in [1.82, 2.24) is 0 Å². The Morgan fingerprint density at radius 1 is 0.439 bits per heavy atom. The Balaban J connectivity index is 1.02. The minimum Gasteiger partial charge on any atom is -0.416 e. The number of nitrogens with two attached hydrogens (primary N) is 2. The number of rotatable bonds is 17. The second-order valence-electron chi connectivity index (χ2n) is 15.9. The van der Waals surface area contributed by atoms with Gasteiger partial charge in [0.15, 0.2) is 0 Å². The molecule has 8 rings (SSSR count). The fourth-order valence-electron chi connectivity index (χ4n) is 8.85. The van der Waals surface area contributed by atoms with Gasteiger partial charge < -0.3 is 31.1 Å². The number of amides is 2. The van der Waals surface area contributed by atoms with E-state index in [1.807, 2.05) is 182 Å². The molecule has 2 atom stereocenters. The van der Waals surface area contributed by atoms with Crippen LogP contribution in [0.3, 0.4) is 0 Å². The van der Waals surface area contributed by atoms with E-state index in [9.17, 15) is 14.2 Å². The van der Waals surface area contributed by atoms with E-state index in [-0.39, 0.29) is 17.7 Å². The van der Waals surface area contributed by atoms with Gasteiger partial charge in [-0.3, -0.25) is 9.59 Å². The van der Waals surface area contributed by atoms with Crippen LogP contribution in [0.15, 0.2) is 231 Å². The number of anilines is 2. The maximum Gasteiger partial charge on any atom is 0.430 e. The quantitative estimate of drug-likeness (QED) is 0.0526. The number of hydrogen-bond acceptors (Lipinski definition) is 7. The Hall–Kier alpha value is -7.55. The van der Waals surface area contributed by atoms with E-state index in [0.717, 1.165) is 33.4 Å². The molecule has 0 aliphatic carbocycles. The first-order valence-electron chi connectivity index (χ1n) is 21.8. The zero-order chi connectivity index (χ0) is 46.0. The maximum atomic E-state index is 14.4. The van der Waals surface area contributed by atoms with Gasteiger partial charge in [-0.15, -0.1) is 0 Å². The van der Waals surface area contributed by atoms with Gasteiger partial charge in [-0.05, 0) is 57.6 Å². The molecule has 2 unspecified atom stereocenters. The molecule has 0 radical (unpaired) electrons. The summed E-state index contributed by atoms with van der Waals surface area (Å²) >= 11 is 0. The number of carbonyl (C=O) groups is 2. The van der Waals surface area contributed by atoms with Crippen molar-refractivity contribution in [3.8, 4) is 11.5 Å². The van der Waals surface area contributed by atoms with Crippen molar-refractivity contribution in [2.24, 2.45) is 11.5 Å². The highest BCUT2D eigenvalue weighted by molar-refractivity contribution is 7.54. The monoisotopic (exact) mass is 890 g/mol. The summed E-state index contributed by atoms with van der Waals surface area (Å²) in [4.78, 5) is 28.8. The lowest BCUT2D eigenvalue weighted by molar-refractivity contribution is -0.119. The van der Waals surface area contributed by atoms with Crippen molar-refractivity contribution >= 4 is 30.8 Å². The molecule has 0 fully saturated rings. The van der Waals surface area contributed by atoms with Crippen LogP contribution in [0.25, 0.3) is 0 Å². The molecule has 330 valence electrons. The Kier molecular flexibility index (Phi) is 13.7. The lowest BCUT2D eigenvalue weighted by atomic mass is 9.64. The summed E-state index contributed by atoms with van der Waals surface area (Å²) < 4.78 is 26.6. The summed E-state index contributed by atoms with van der Waals surface area (Å²) in [6.07, 6.45) is 0.0113. The minimum atomic E-state index is -3.86. The topological polar surface area (TPSA) is 146 Å². The van der Waals surface area contributed by atoms with Gasteiger partial charge in [0.2, 0.25) is 11.8 Å². The average Bonchev–Trinajstić information content (AvgIpc) is 3.36. The Morgan fingerprint density at radius 2 is 0.697 bits per heavy atom. The van der Waals surface area contributed by atoms with E-state index in [1.54, 1.807) is 55.5 Å². The summed E-state index contributed by atoms with van der Waals surface area (Å²) in [5.74, 6) is -0.459. The largest absolute Gasteiger partial charge is 0.430 e. The standard InChI is InChI=1S/C56H51N4O5P/c1-2-66(63,64-49-37-21-35-47(39-49)59-53(61)51(57)55(41-23-9-3-10-24-41,42-25-11-4-12-26-42)43-27-13-5-14-28-43)65-50-38-22-36-48(40-50)60-54(62)52(58)56(44-29-15-6-16-30-44,45-31-17-7-18-32-45)46-33-19-8-20-34-46/h3-40,51-52H,2,57-58H2,1H3,(H,59,61)(H,60,62). The van der Waals surface area contributed by atoms with Gasteiger partial charge in [0.25, 0.3) is 0 Å². The third kappa shape index (κ3) is 9.19. The van der Waals surface area contributed by atoms with Gasteiger partial charge in [-0.1, -0.05) is 201 Å².